The van der Waals surface area contributed by atoms with Gasteiger partial charge in [-0.2, -0.15) is 10.2 Å². The summed E-state index contributed by atoms with van der Waals surface area (Å²) in [5.74, 6) is 0. The van der Waals surface area contributed by atoms with Gasteiger partial charge in [-0.25, -0.2) is 13.4 Å². The Labute approximate surface area is 127 Å². The maximum Gasteiger partial charge on any atom is 0.270 e. The molecule has 1 saturated carbocycles. The van der Waals surface area contributed by atoms with Crippen LogP contribution in [0.2, 0.25) is 0 Å². The quantitative estimate of drug-likeness (QED) is 0.770. The first-order valence-corrected chi connectivity index (χ1v) is 8.83. The highest BCUT2D eigenvalue weighted by atomic mass is 32.2. The molecule has 7 nitrogen and oxygen atoms in total. The number of nitriles is 1. The van der Waals surface area contributed by atoms with Crippen LogP contribution in [-0.2, 0) is 9.84 Å². The number of hydrogen-bond donors (Lipinski definition) is 0. The van der Waals surface area contributed by atoms with Gasteiger partial charge in [0.05, 0.1) is 0 Å². The lowest BCUT2D eigenvalue weighted by molar-refractivity contribution is 0.513. The van der Waals surface area contributed by atoms with Gasteiger partial charge in [-0.1, -0.05) is 12.8 Å². The molecule has 2 heterocycles. The summed E-state index contributed by atoms with van der Waals surface area (Å²) in [7, 11) is -3.57. The number of aromatic nitrogens is 3. The standard InChI is InChI=1S/C14H14N4O3S/c1-22(20,21)14-16-8-10-6-9(7-15)13(19)18(12(10)17-14)11-4-2-3-5-11/h6,8,11H,2-5H2,1H3. The Kier molecular flexibility index (Phi) is 3.45. The topological polar surface area (TPSA) is 106 Å². The fourth-order valence-electron chi connectivity index (χ4n) is 2.86. The second-order valence-corrected chi connectivity index (χ2v) is 7.40. The molecule has 8 heteroatoms. The molecule has 0 aliphatic heterocycles. The number of pyridine rings is 1. The lowest BCUT2D eigenvalue weighted by Crippen LogP contribution is -2.27. The number of hydrogen-bond acceptors (Lipinski definition) is 6. The van der Waals surface area contributed by atoms with Crippen molar-refractivity contribution in [3.8, 4) is 6.07 Å². The van der Waals surface area contributed by atoms with Gasteiger partial charge in [-0.3, -0.25) is 9.36 Å². The molecular weight excluding hydrogens is 304 g/mol. The average molecular weight is 318 g/mol. The number of fused-ring (bicyclic) bond motifs is 1. The normalized spacial score (nSPS) is 16.0. The van der Waals surface area contributed by atoms with Crippen molar-refractivity contribution in [1.82, 2.24) is 14.5 Å². The molecule has 2 aromatic heterocycles. The van der Waals surface area contributed by atoms with E-state index in [1.807, 2.05) is 6.07 Å². The number of rotatable bonds is 2. The van der Waals surface area contributed by atoms with Crippen molar-refractivity contribution >= 4 is 20.9 Å². The lowest BCUT2D eigenvalue weighted by atomic mass is 10.2. The average Bonchev–Trinajstić information content (AvgIpc) is 2.98. The van der Waals surface area contributed by atoms with E-state index in [0.29, 0.717) is 5.39 Å². The predicted molar refractivity (Wildman–Crippen MR) is 79.1 cm³/mol. The van der Waals surface area contributed by atoms with E-state index in [1.165, 1.54) is 16.8 Å². The van der Waals surface area contributed by atoms with Crippen LogP contribution in [0.25, 0.3) is 11.0 Å². The van der Waals surface area contributed by atoms with E-state index in [1.54, 1.807) is 0 Å². The third-order valence-electron chi connectivity index (χ3n) is 3.89. The van der Waals surface area contributed by atoms with Crippen molar-refractivity contribution in [2.24, 2.45) is 0 Å². The van der Waals surface area contributed by atoms with E-state index < -0.39 is 15.4 Å². The molecule has 1 fully saturated rings. The Hall–Kier alpha value is -2.27. The van der Waals surface area contributed by atoms with Crippen molar-refractivity contribution in [2.75, 3.05) is 6.26 Å². The van der Waals surface area contributed by atoms with Gasteiger partial charge in [0.15, 0.2) is 0 Å². The fraction of sp³-hybridized carbons (Fsp3) is 0.429. The summed E-state index contributed by atoms with van der Waals surface area (Å²) in [4.78, 5) is 20.4. The summed E-state index contributed by atoms with van der Waals surface area (Å²) in [5, 5.41) is 9.32. The highest BCUT2D eigenvalue weighted by Gasteiger charge is 2.23. The third kappa shape index (κ3) is 2.37. The Morgan fingerprint density at radius 1 is 1.36 bits per heavy atom. The first-order chi connectivity index (χ1) is 10.4. The molecule has 1 aliphatic rings. The first-order valence-electron chi connectivity index (χ1n) is 6.94. The molecule has 0 N–H and O–H groups in total. The second-order valence-electron chi connectivity index (χ2n) is 5.49. The van der Waals surface area contributed by atoms with Crippen molar-refractivity contribution in [2.45, 2.75) is 36.9 Å². The fourth-order valence-corrected chi connectivity index (χ4v) is 3.36. The van der Waals surface area contributed by atoms with Gasteiger partial charge in [-0.15, -0.1) is 0 Å². The molecule has 0 spiro atoms. The summed E-state index contributed by atoms with van der Waals surface area (Å²) in [6.45, 7) is 0. The molecule has 0 saturated heterocycles. The highest BCUT2D eigenvalue weighted by Crippen LogP contribution is 2.30. The third-order valence-corrected chi connectivity index (χ3v) is 4.75. The molecule has 1 aliphatic carbocycles. The maximum atomic E-state index is 12.5. The molecule has 0 amide bonds. The largest absolute Gasteiger partial charge is 0.288 e. The molecule has 0 atom stereocenters. The van der Waals surface area contributed by atoms with E-state index in [4.69, 9.17) is 5.26 Å². The maximum absolute atomic E-state index is 12.5. The van der Waals surface area contributed by atoms with Crippen LogP contribution in [0.5, 0.6) is 0 Å². The van der Waals surface area contributed by atoms with Crippen LogP contribution in [0.1, 0.15) is 37.3 Å². The van der Waals surface area contributed by atoms with Crippen LogP contribution in [0.4, 0.5) is 0 Å². The summed E-state index contributed by atoms with van der Waals surface area (Å²) < 4.78 is 24.8. The monoisotopic (exact) mass is 318 g/mol. The van der Waals surface area contributed by atoms with E-state index in [0.717, 1.165) is 31.9 Å². The molecule has 3 rings (SSSR count). The van der Waals surface area contributed by atoms with Crippen molar-refractivity contribution in [1.29, 1.82) is 5.26 Å². The van der Waals surface area contributed by atoms with Gasteiger partial charge in [0.1, 0.15) is 17.3 Å². The minimum absolute atomic E-state index is 0.0232. The minimum atomic E-state index is -3.57. The van der Waals surface area contributed by atoms with Gasteiger partial charge >= 0.3 is 0 Å². The molecule has 0 radical (unpaired) electrons. The lowest BCUT2D eigenvalue weighted by Gasteiger charge is -2.16. The summed E-state index contributed by atoms with van der Waals surface area (Å²) in [6, 6.07) is 3.25. The summed E-state index contributed by atoms with van der Waals surface area (Å²) in [5.41, 5.74) is -0.110. The van der Waals surface area contributed by atoms with Crippen molar-refractivity contribution in [3.63, 3.8) is 0 Å². The molecule has 0 aromatic carbocycles. The Balaban J connectivity index is 2.39. The molecular formula is C14H14N4O3S. The predicted octanol–water partition coefficient (Wildman–Crippen LogP) is 1.18. The first kappa shape index (κ1) is 14.7. The van der Waals surface area contributed by atoms with E-state index in [-0.39, 0.29) is 22.4 Å². The zero-order valence-electron chi connectivity index (χ0n) is 12.0. The highest BCUT2D eigenvalue weighted by molar-refractivity contribution is 7.90. The number of nitrogens with zero attached hydrogens (tertiary/aromatic N) is 4. The molecule has 0 bridgehead atoms. The van der Waals surface area contributed by atoms with Crippen molar-refractivity contribution < 1.29 is 8.42 Å². The van der Waals surface area contributed by atoms with Crippen LogP contribution < -0.4 is 5.56 Å². The van der Waals surface area contributed by atoms with Gasteiger partial charge in [0, 0.05) is 23.9 Å². The van der Waals surface area contributed by atoms with E-state index >= 15 is 0 Å². The Bertz CT molecular complexity index is 950. The summed E-state index contributed by atoms with van der Waals surface area (Å²) >= 11 is 0. The van der Waals surface area contributed by atoms with Gasteiger partial charge in [0.2, 0.25) is 15.0 Å². The van der Waals surface area contributed by atoms with Crippen LogP contribution in [0, 0.1) is 11.3 Å². The minimum Gasteiger partial charge on any atom is -0.288 e. The van der Waals surface area contributed by atoms with Gasteiger partial charge in [-0.05, 0) is 18.9 Å². The Morgan fingerprint density at radius 2 is 2.05 bits per heavy atom. The van der Waals surface area contributed by atoms with Crippen LogP contribution in [0.15, 0.2) is 22.2 Å². The van der Waals surface area contributed by atoms with E-state index in [2.05, 4.69) is 9.97 Å². The van der Waals surface area contributed by atoms with Crippen molar-refractivity contribution in [3.05, 3.63) is 28.2 Å². The zero-order chi connectivity index (χ0) is 15.9. The van der Waals surface area contributed by atoms with E-state index in [9.17, 15) is 13.2 Å². The Morgan fingerprint density at radius 3 is 2.64 bits per heavy atom. The molecule has 22 heavy (non-hydrogen) atoms. The molecule has 2 aromatic rings. The van der Waals surface area contributed by atoms with Crippen LogP contribution in [-0.4, -0.2) is 29.2 Å². The zero-order valence-corrected chi connectivity index (χ0v) is 12.8. The van der Waals surface area contributed by atoms with Crippen LogP contribution >= 0.6 is 0 Å². The van der Waals surface area contributed by atoms with Gasteiger partial charge in [0.25, 0.3) is 5.56 Å². The second kappa shape index (κ2) is 5.18. The smallest absolute Gasteiger partial charge is 0.270 e. The number of sulfone groups is 1. The summed E-state index contributed by atoms with van der Waals surface area (Å²) in [6.07, 6.45) is 6.02. The van der Waals surface area contributed by atoms with Gasteiger partial charge < -0.3 is 0 Å². The van der Waals surface area contributed by atoms with Crippen LogP contribution in [0.3, 0.4) is 0 Å². The SMILES string of the molecule is CS(=O)(=O)c1ncc2cc(C#N)c(=O)n(C3CCCC3)c2n1. The molecule has 114 valence electrons. The molecule has 0 unspecified atom stereocenters.